The fourth-order valence-corrected chi connectivity index (χ4v) is 1.50. The number of hydrogen-bond acceptors (Lipinski definition) is 3. The third-order valence-corrected chi connectivity index (χ3v) is 2.43. The van der Waals surface area contributed by atoms with Crippen molar-refractivity contribution in [2.24, 2.45) is 0 Å². The van der Waals surface area contributed by atoms with E-state index in [9.17, 15) is 14.9 Å². The molecule has 1 unspecified atom stereocenters. The second kappa shape index (κ2) is 4.68. The Labute approximate surface area is 88.1 Å². The molecule has 1 aromatic carbocycles. The third-order valence-electron chi connectivity index (χ3n) is 2.43. The van der Waals surface area contributed by atoms with E-state index in [1.807, 2.05) is 0 Å². The lowest BCUT2D eigenvalue weighted by Gasteiger charge is -2.09. The number of nitro benzene ring substituents is 1. The summed E-state index contributed by atoms with van der Waals surface area (Å²) in [6.07, 6.45) is 0.396. The summed E-state index contributed by atoms with van der Waals surface area (Å²) in [6, 6.07) is 6.37. The van der Waals surface area contributed by atoms with Crippen LogP contribution in [0.1, 0.15) is 31.7 Å². The number of ketones is 1. The van der Waals surface area contributed by atoms with Crippen LogP contribution in [-0.2, 0) is 4.79 Å². The van der Waals surface area contributed by atoms with Crippen LogP contribution in [0.2, 0.25) is 0 Å². The fraction of sp³-hybridized carbons (Fsp3) is 0.364. The predicted molar refractivity (Wildman–Crippen MR) is 56.8 cm³/mol. The SMILES string of the molecule is CCC(=O)C(C)c1ccccc1[N+](=O)[O-]. The highest BCUT2D eigenvalue weighted by Gasteiger charge is 2.21. The van der Waals surface area contributed by atoms with Crippen LogP contribution in [0.4, 0.5) is 5.69 Å². The molecule has 1 atom stereocenters. The standard InChI is InChI=1S/C11H13NO3/c1-3-11(13)8(2)9-6-4-5-7-10(9)12(14)15/h4-8H,3H2,1-2H3. The molecule has 0 saturated heterocycles. The first-order chi connectivity index (χ1) is 7.07. The Morgan fingerprint density at radius 1 is 1.47 bits per heavy atom. The lowest BCUT2D eigenvalue weighted by molar-refractivity contribution is -0.385. The first kappa shape index (κ1) is 11.4. The lowest BCUT2D eigenvalue weighted by atomic mass is 9.94. The topological polar surface area (TPSA) is 60.2 Å². The summed E-state index contributed by atoms with van der Waals surface area (Å²) in [4.78, 5) is 21.7. The number of carbonyl (C=O) groups is 1. The van der Waals surface area contributed by atoms with Crippen molar-refractivity contribution in [1.82, 2.24) is 0 Å². The highest BCUT2D eigenvalue weighted by Crippen LogP contribution is 2.27. The van der Waals surface area contributed by atoms with Crippen LogP contribution in [0.15, 0.2) is 24.3 Å². The molecule has 0 radical (unpaired) electrons. The van der Waals surface area contributed by atoms with Crippen LogP contribution >= 0.6 is 0 Å². The van der Waals surface area contributed by atoms with E-state index < -0.39 is 10.8 Å². The van der Waals surface area contributed by atoms with Crippen molar-refractivity contribution >= 4 is 11.5 Å². The van der Waals surface area contributed by atoms with Gasteiger partial charge in [0.1, 0.15) is 5.78 Å². The summed E-state index contributed by atoms with van der Waals surface area (Å²) >= 11 is 0. The molecule has 0 aliphatic rings. The molecule has 0 N–H and O–H groups in total. The number of Topliss-reactive ketones (excluding diaryl/α,β-unsaturated/α-hetero) is 1. The molecule has 0 spiro atoms. The van der Waals surface area contributed by atoms with Crippen LogP contribution < -0.4 is 0 Å². The molecule has 0 saturated carbocycles. The molecule has 4 nitrogen and oxygen atoms in total. The number of benzene rings is 1. The predicted octanol–water partition coefficient (Wildman–Crippen LogP) is 2.68. The van der Waals surface area contributed by atoms with Gasteiger partial charge in [0, 0.05) is 24.0 Å². The number of rotatable bonds is 4. The first-order valence-corrected chi connectivity index (χ1v) is 4.84. The molecular weight excluding hydrogens is 194 g/mol. The maximum Gasteiger partial charge on any atom is 0.273 e. The Kier molecular flexibility index (Phi) is 3.55. The molecule has 15 heavy (non-hydrogen) atoms. The monoisotopic (exact) mass is 207 g/mol. The normalized spacial score (nSPS) is 12.1. The van der Waals surface area contributed by atoms with Crippen molar-refractivity contribution in [1.29, 1.82) is 0 Å². The Morgan fingerprint density at radius 3 is 2.60 bits per heavy atom. The summed E-state index contributed by atoms with van der Waals surface area (Å²) in [6.45, 7) is 3.46. The number of carbonyl (C=O) groups excluding carboxylic acids is 1. The molecule has 0 fully saturated rings. The van der Waals surface area contributed by atoms with Gasteiger partial charge in [0.25, 0.3) is 5.69 Å². The molecule has 0 bridgehead atoms. The molecule has 1 aromatic rings. The summed E-state index contributed by atoms with van der Waals surface area (Å²) < 4.78 is 0. The van der Waals surface area contributed by atoms with E-state index in [2.05, 4.69) is 0 Å². The van der Waals surface area contributed by atoms with Gasteiger partial charge in [-0.05, 0) is 0 Å². The van der Waals surface area contributed by atoms with Crippen molar-refractivity contribution in [3.05, 3.63) is 39.9 Å². The van der Waals surface area contributed by atoms with Gasteiger partial charge >= 0.3 is 0 Å². The fourth-order valence-electron chi connectivity index (χ4n) is 1.50. The van der Waals surface area contributed by atoms with Gasteiger partial charge < -0.3 is 0 Å². The summed E-state index contributed by atoms with van der Waals surface area (Å²) in [5, 5.41) is 10.7. The van der Waals surface area contributed by atoms with E-state index in [-0.39, 0.29) is 11.5 Å². The van der Waals surface area contributed by atoms with Crippen LogP contribution in [0.5, 0.6) is 0 Å². The molecule has 0 aromatic heterocycles. The Bertz CT molecular complexity index is 387. The van der Waals surface area contributed by atoms with Crippen molar-refractivity contribution in [3.63, 3.8) is 0 Å². The molecule has 0 aliphatic heterocycles. The van der Waals surface area contributed by atoms with Crippen molar-refractivity contribution in [3.8, 4) is 0 Å². The van der Waals surface area contributed by atoms with E-state index in [0.717, 1.165) is 0 Å². The van der Waals surface area contributed by atoms with E-state index >= 15 is 0 Å². The Hall–Kier alpha value is -1.71. The van der Waals surface area contributed by atoms with E-state index in [1.165, 1.54) is 6.07 Å². The Morgan fingerprint density at radius 2 is 2.07 bits per heavy atom. The van der Waals surface area contributed by atoms with Gasteiger partial charge in [0.05, 0.1) is 4.92 Å². The molecule has 0 amide bonds. The van der Waals surface area contributed by atoms with Gasteiger partial charge in [-0.1, -0.05) is 32.0 Å². The summed E-state index contributed by atoms with van der Waals surface area (Å²) in [5.74, 6) is -0.388. The van der Waals surface area contributed by atoms with Gasteiger partial charge in [-0.3, -0.25) is 14.9 Å². The number of hydrogen-bond donors (Lipinski definition) is 0. The maximum absolute atomic E-state index is 11.5. The average molecular weight is 207 g/mol. The van der Waals surface area contributed by atoms with E-state index in [1.54, 1.807) is 32.0 Å². The van der Waals surface area contributed by atoms with Gasteiger partial charge in [-0.25, -0.2) is 0 Å². The van der Waals surface area contributed by atoms with E-state index in [0.29, 0.717) is 12.0 Å². The lowest BCUT2D eigenvalue weighted by Crippen LogP contribution is -2.09. The summed E-state index contributed by atoms with van der Waals surface area (Å²) in [7, 11) is 0. The van der Waals surface area contributed by atoms with Gasteiger partial charge in [-0.2, -0.15) is 0 Å². The second-order valence-electron chi connectivity index (χ2n) is 3.36. The van der Waals surface area contributed by atoms with Gasteiger partial charge in [0.2, 0.25) is 0 Å². The molecule has 80 valence electrons. The zero-order chi connectivity index (χ0) is 11.4. The smallest absolute Gasteiger partial charge is 0.273 e. The van der Waals surface area contributed by atoms with Crippen molar-refractivity contribution < 1.29 is 9.72 Å². The quantitative estimate of drug-likeness (QED) is 0.563. The first-order valence-electron chi connectivity index (χ1n) is 4.84. The van der Waals surface area contributed by atoms with Gasteiger partial charge in [0.15, 0.2) is 0 Å². The molecule has 0 heterocycles. The van der Waals surface area contributed by atoms with Crippen LogP contribution in [0.3, 0.4) is 0 Å². The molecule has 4 heteroatoms. The van der Waals surface area contributed by atoms with Crippen LogP contribution in [0.25, 0.3) is 0 Å². The minimum atomic E-state index is -0.450. The second-order valence-corrected chi connectivity index (χ2v) is 3.36. The molecule has 1 rings (SSSR count). The van der Waals surface area contributed by atoms with Crippen molar-refractivity contribution in [2.75, 3.05) is 0 Å². The summed E-state index contributed by atoms with van der Waals surface area (Å²) in [5.41, 5.74) is 0.515. The zero-order valence-electron chi connectivity index (χ0n) is 8.77. The minimum Gasteiger partial charge on any atom is -0.299 e. The molecule has 0 aliphatic carbocycles. The van der Waals surface area contributed by atoms with E-state index in [4.69, 9.17) is 0 Å². The maximum atomic E-state index is 11.5. The third kappa shape index (κ3) is 2.40. The molecular formula is C11H13NO3. The van der Waals surface area contributed by atoms with Crippen LogP contribution in [0, 0.1) is 10.1 Å². The largest absolute Gasteiger partial charge is 0.299 e. The number of para-hydroxylation sites is 1. The average Bonchev–Trinajstić information content (AvgIpc) is 2.27. The zero-order valence-corrected chi connectivity index (χ0v) is 8.77. The Balaban J connectivity index is 3.13. The highest BCUT2D eigenvalue weighted by atomic mass is 16.6. The van der Waals surface area contributed by atoms with Gasteiger partial charge in [-0.15, -0.1) is 0 Å². The number of nitrogens with zero attached hydrogens (tertiary/aromatic N) is 1. The number of nitro groups is 1. The highest BCUT2D eigenvalue weighted by molar-refractivity contribution is 5.86. The van der Waals surface area contributed by atoms with Crippen molar-refractivity contribution in [2.45, 2.75) is 26.2 Å². The minimum absolute atomic E-state index is 0.0179. The van der Waals surface area contributed by atoms with Crippen LogP contribution in [-0.4, -0.2) is 10.7 Å².